The molecule has 0 aromatic carbocycles. The summed E-state index contributed by atoms with van der Waals surface area (Å²) < 4.78 is 10.4. The summed E-state index contributed by atoms with van der Waals surface area (Å²) in [4.78, 5) is 23.1. The molecule has 0 spiro atoms. The normalized spacial score (nSPS) is 13.0. The molecule has 0 aliphatic rings. The summed E-state index contributed by atoms with van der Waals surface area (Å²) in [6.07, 6.45) is 6.91. The number of hydrogen-bond acceptors (Lipinski definition) is 4. The molecule has 0 radical (unpaired) electrons. The predicted octanol–water partition coefficient (Wildman–Crippen LogP) is 5.16. The predicted molar refractivity (Wildman–Crippen MR) is 105 cm³/mol. The van der Waals surface area contributed by atoms with Gasteiger partial charge in [0.05, 0.1) is 0 Å². The lowest BCUT2D eigenvalue weighted by atomic mass is 10.1. The molecule has 26 heavy (non-hydrogen) atoms. The molecule has 0 saturated heterocycles. The van der Waals surface area contributed by atoms with Gasteiger partial charge in [0.2, 0.25) is 0 Å². The van der Waals surface area contributed by atoms with Gasteiger partial charge in [0.15, 0.2) is 0 Å². The van der Waals surface area contributed by atoms with Gasteiger partial charge < -0.3 is 20.1 Å². The largest absolute Gasteiger partial charge is 0.444 e. The third-order valence-electron chi connectivity index (χ3n) is 3.50. The molecule has 0 aliphatic heterocycles. The van der Waals surface area contributed by atoms with Crippen LogP contribution in [0.2, 0.25) is 0 Å². The zero-order chi connectivity index (χ0) is 20.2. The van der Waals surface area contributed by atoms with Gasteiger partial charge in [0.25, 0.3) is 0 Å². The number of amides is 2. The van der Waals surface area contributed by atoms with Crippen molar-refractivity contribution in [3.05, 3.63) is 0 Å². The third kappa shape index (κ3) is 17.4. The van der Waals surface area contributed by atoms with Crippen molar-refractivity contribution in [1.82, 2.24) is 10.6 Å². The van der Waals surface area contributed by atoms with Crippen LogP contribution in [0.5, 0.6) is 0 Å². The molecule has 0 aromatic heterocycles. The van der Waals surface area contributed by atoms with Crippen LogP contribution < -0.4 is 10.6 Å². The molecule has 0 fully saturated rings. The maximum atomic E-state index is 11.7. The van der Waals surface area contributed by atoms with Crippen LogP contribution in [0.3, 0.4) is 0 Å². The maximum absolute atomic E-state index is 11.7. The number of unbranched alkanes of at least 4 members (excludes halogenated alkanes) is 5. The Morgan fingerprint density at radius 2 is 1.23 bits per heavy atom. The molecule has 0 heterocycles. The quantitative estimate of drug-likeness (QED) is 0.520. The lowest BCUT2D eigenvalue weighted by Crippen LogP contribution is -2.37. The number of rotatable bonds is 10. The molecule has 1 unspecified atom stereocenters. The van der Waals surface area contributed by atoms with Gasteiger partial charge in [-0.05, 0) is 61.3 Å². The van der Waals surface area contributed by atoms with Gasteiger partial charge in [-0.25, -0.2) is 9.59 Å². The Morgan fingerprint density at radius 3 is 1.77 bits per heavy atom. The second-order valence-electron chi connectivity index (χ2n) is 8.89. The zero-order valence-electron chi connectivity index (χ0n) is 17.9. The molecule has 1 atom stereocenters. The highest BCUT2D eigenvalue weighted by Crippen LogP contribution is 2.11. The third-order valence-corrected chi connectivity index (χ3v) is 3.50. The van der Waals surface area contributed by atoms with Gasteiger partial charge in [0, 0.05) is 12.6 Å². The minimum Gasteiger partial charge on any atom is -0.444 e. The Bertz CT molecular complexity index is 411. The van der Waals surface area contributed by atoms with Gasteiger partial charge in [-0.3, -0.25) is 0 Å². The minimum atomic E-state index is -0.456. The van der Waals surface area contributed by atoms with E-state index < -0.39 is 11.2 Å². The molecule has 0 aromatic rings. The first-order valence-electron chi connectivity index (χ1n) is 9.85. The van der Waals surface area contributed by atoms with E-state index in [1.54, 1.807) is 0 Å². The smallest absolute Gasteiger partial charge is 0.407 e. The van der Waals surface area contributed by atoms with E-state index in [4.69, 9.17) is 9.47 Å². The van der Waals surface area contributed by atoms with Crippen molar-refractivity contribution >= 4 is 12.2 Å². The number of hydrogen-bond donors (Lipinski definition) is 2. The Balaban J connectivity index is 3.51. The van der Waals surface area contributed by atoms with Crippen molar-refractivity contribution in [2.24, 2.45) is 0 Å². The highest BCUT2D eigenvalue weighted by molar-refractivity contribution is 5.68. The van der Waals surface area contributed by atoms with Gasteiger partial charge >= 0.3 is 12.2 Å². The maximum Gasteiger partial charge on any atom is 0.407 e. The number of carbonyl (C=O) groups is 2. The Morgan fingerprint density at radius 1 is 0.769 bits per heavy atom. The number of carbonyl (C=O) groups excluding carboxylic acids is 2. The molecule has 2 amide bonds. The van der Waals surface area contributed by atoms with E-state index in [0.717, 1.165) is 38.5 Å². The highest BCUT2D eigenvalue weighted by Gasteiger charge is 2.17. The fourth-order valence-electron chi connectivity index (χ4n) is 2.37. The average Bonchev–Trinajstić information content (AvgIpc) is 2.41. The monoisotopic (exact) mass is 372 g/mol. The van der Waals surface area contributed by atoms with E-state index >= 15 is 0 Å². The van der Waals surface area contributed by atoms with Crippen molar-refractivity contribution in [3.63, 3.8) is 0 Å². The van der Waals surface area contributed by atoms with Crippen molar-refractivity contribution in [3.8, 4) is 0 Å². The van der Waals surface area contributed by atoms with Gasteiger partial charge in [-0.15, -0.1) is 0 Å². The van der Waals surface area contributed by atoms with Crippen molar-refractivity contribution in [2.45, 2.75) is 111 Å². The number of alkyl carbamates (subject to hydrolysis) is 2. The summed E-state index contributed by atoms with van der Waals surface area (Å²) in [5.41, 5.74) is -0.901. The van der Waals surface area contributed by atoms with Crippen LogP contribution in [0.1, 0.15) is 93.4 Å². The van der Waals surface area contributed by atoms with Gasteiger partial charge in [-0.2, -0.15) is 0 Å². The second-order valence-corrected chi connectivity index (χ2v) is 8.89. The first kappa shape index (κ1) is 24.5. The molecule has 0 rings (SSSR count). The molecular weight excluding hydrogens is 332 g/mol. The van der Waals surface area contributed by atoms with Crippen LogP contribution in [0.4, 0.5) is 9.59 Å². The Hall–Kier alpha value is -1.46. The van der Waals surface area contributed by atoms with Crippen LogP contribution in [0, 0.1) is 0 Å². The van der Waals surface area contributed by atoms with Crippen molar-refractivity contribution in [2.75, 3.05) is 6.54 Å². The Kier molecular flexibility index (Phi) is 11.3. The fraction of sp³-hybridized carbons (Fsp3) is 0.900. The molecule has 2 N–H and O–H groups in total. The summed E-state index contributed by atoms with van der Waals surface area (Å²) in [7, 11) is 0. The van der Waals surface area contributed by atoms with E-state index in [1.165, 1.54) is 6.42 Å². The van der Waals surface area contributed by atoms with E-state index in [0.29, 0.717) is 6.54 Å². The summed E-state index contributed by atoms with van der Waals surface area (Å²) in [5.74, 6) is 0. The summed E-state index contributed by atoms with van der Waals surface area (Å²) in [6, 6.07) is 0.128. The summed E-state index contributed by atoms with van der Waals surface area (Å²) in [6.45, 7) is 13.8. The lowest BCUT2D eigenvalue weighted by molar-refractivity contribution is 0.0500. The van der Waals surface area contributed by atoms with E-state index in [9.17, 15) is 9.59 Å². The van der Waals surface area contributed by atoms with Crippen molar-refractivity contribution in [1.29, 1.82) is 0 Å². The van der Waals surface area contributed by atoms with E-state index in [1.807, 2.05) is 48.5 Å². The fourth-order valence-corrected chi connectivity index (χ4v) is 2.37. The SMILES string of the molecule is CC(CCCCCCCCNC(=O)OC(C)(C)C)NC(=O)OC(C)(C)C. The second kappa shape index (κ2) is 12.0. The van der Waals surface area contributed by atoms with Crippen LogP contribution in [-0.4, -0.2) is 36.0 Å². The van der Waals surface area contributed by atoms with Crippen molar-refractivity contribution < 1.29 is 19.1 Å². The molecule has 6 nitrogen and oxygen atoms in total. The first-order chi connectivity index (χ1) is 11.9. The van der Waals surface area contributed by atoms with E-state index in [-0.39, 0.29) is 18.2 Å². The zero-order valence-corrected chi connectivity index (χ0v) is 17.9. The van der Waals surface area contributed by atoms with Crippen LogP contribution in [0.15, 0.2) is 0 Å². The summed E-state index contributed by atoms with van der Waals surface area (Å²) in [5, 5.41) is 5.65. The van der Waals surface area contributed by atoms with Crippen LogP contribution >= 0.6 is 0 Å². The van der Waals surface area contributed by atoms with Gasteiger partial charge in [-0.1, -0.05) is 32.1 Å². The molecule has 6 heteroatoms. The molecule has 0 saturated carbocycles. The van der Waals surface area contributed by atoms with Gasteiger partial charge in [0.1, 0.15) is 11.2 Å². The lowest BCUT2D eigenvalue weighted by Gasteiger charge is -2.21. The highest BCUT2D eigenvalue weighted by atomic mass is 16.6. The average molecular weight is 373 g/mol. The Labute approximate surface area is 159 Å². The first-order valence-corrected chi connectivity index (χ1v) is 9.85. The van der Waals surface area contributed by atoms with E-state index in [2.05, 4.69) is 10.6 Å². The standard InChI is InChI=1S/C20H40N2O4/c1-16(22-18(24)26-20(5,6)7)14-12-10-8-9-11-13-15-21-17(23)25-19(2,3)4/h16H,8-15H2,1-7H3,(H,21,23)(H,22,24). The topological polar surface area (TPSA) is 76.7 Å². The molecular formula is C20H40N2O4. The number of ether oxygens (including phenoxy) is 2. The molecule has 0 aliphatic carbocycles. The minimum absolute atomic E-state index is 0.128. The molecule has 0 bridgehead atoms. The number of nitrogens with one attached hydrogen (secondary N) is 2. The summed E-state index contributed by atoms with van der Waals surface area (Å²) >= 11 is 0. The van der Waals surface area contributed by atoms with Crippen LogP contribution in [0.25, 0.3) is 0 Å². The molecule has 154 valence electrons. The van der Waals surface area contributed by atoms with Crippen LogP contribution in [-0.2, 0) is 9.47 Å².